The third-order valence-corrected chi connectivity index (χ3v) is 5.35. The van der Waals surface area contributed by atoms with Crippen LogP contribution in [0.1, 0.15) is 42.8 Å². The van der Waals surface area contributed by atoms with E-state index >= 15 is 0 Å². The van der Waals surface area contributed by atoms with E-state index in [4.69, 9.17) is 4.98 Å². The first-order valence-electron chi connectivity index (χ1n) is 8.88. The van der Waals surface area contributed by atoms with Crippen LogP contribution in [0.3, 0.4) is 0 Å². The highest BCUT2D eigenvalue weighted by Gasteiger charge is 2.33. The van der Waals surface area contributed by atoms with Crippen LogP contribution in [0.15, 0.2) is 4.79 Å². The van der Waals surface area contributed by atoms with Gasteiger partial charge in [0, 0.05) is 38.2 Å². The Morgan fingerprint density at radius 2 is 2.12 bits per heavy atom. The molecule has 3 heterocycles. The zero-order valence-electron chi connectivity index (χ0n) is 14.4. The number of halogens is 2. The number of hydrogen-bond acceptors (Lipinski definition) is 5. The lowest BCUT2D eigenvalue weighted by molar-refractivity contribution is -0.0189. The number of hydrogen-bond donors (Lipinski definition) is 3. The lowest BCUT2D eigenvalue weighted by Crippen LogP contribution is -2.53. The molecule has 0 spiro atoms. The molecule has 1 saturated carbocycles. The Hall–Kier alpha value is -0.660. The van der Waals surface area contributed by atoms with Gasteiger partial charge in [-0.15, -0.1) is 24.8 Å². The van der Waals surface area contributed by atoms with Crippen molar-refractivity contribution in [1.82, 2.24) is 20.2 Å². The summed E-state index contributed by atoms with van der Waals surface area (Å²) in [5.74, 6) is 1.56. The molecule has 1 aromatic rings. The average Bonchev–Trinajstić information content (AvgIpc) is 3.31. The molecule has 0 aromatic carbocycles. The van der Waals surface area contributed by atoms with Gasteiger partial charge in [0.1, 0.15) is 5.82 Å². The van der Waals surface area contributed by atoms with Crippen molar-refractivity contribution in [3.63, 3.8) is 0 Å². The monoisotopic (exact) mass is 390 g/mol. The van der Waals surface area contributed by atoms with Gasteiger partial charge in [0.2, 0.25) is 0 Å². The third-order valence-electron chi connectivity index (χ3n) is 5.35. The summed E-state index contributed by atoms with van der Waals surface area (Å²) >= 11 is 0. The summed E-state index contributed by atoms with van der Waals surface area (Å²) in [4.78, 5) is 22.2. The number of aliphatic hydroxyl groups is 1. The lowest BCUT2D eigenvalue weighted by Gasteiger charge is -2.38. The van der Waals surface area contributed by atoms with Crippen LogP contribution in [-0.2, 0) is 19.4 Å². The highest BCUT2D eigenvalue weighted by Crippen LogP contribution is 2.31. The number of nitrogens with zero attached hydrogens (tertiary/aromatic N) is 2. The van der Waals surface area contributed by atoms with Crippen molar-refractivity contribution in [2.75, 3.05) is 26.2 Å². The van der Waals surface area contributed by atoms with E-state index in [1.54, 1.807) is 0 Å². The van der Waals surface area contributed by atoms with Gasteiger partial charge in [0.15, 0.2) is 0 Å². The van der Waals surface area contributed by atoms with Crippen molar-refractivity contribution in [3.05, 3.63) is 27.4 Å². The van der Waals surface area contributed by atoms with Crippen LogP contribution in [0, 0.1) is 5.92 Å². The number of β-amino-alcohol motifs (C(OH)–C–C–N with tert-alkyl or cyclic N) is 1. The molecule has 0 amide bonds. The first-order chi connectivity index (χ1) is 11.1. The Balaban J connectivity index is 0.00000113. The number of H-pyrrole nitrogens is 1. The summed E-state index contributed by atoms with van der Waals surface area (Å²) in [6, 6.07) is 0. The molecule has 1 saturated heterocycles. The zero-order chi connectivity index (χ0) is 15.9. The van der Waals surface area contributed by atoms with Gasteiger partial charge in [-0.2, -0.15) is 0 Å². The molecular formula is C17H28Cl2N4O2. The Morgan fingerprint density at radius 1 is 1.32 bits per heavy atom. The van der Waals surface area contributed by atoms with Gasteiger partial charge in [-0.3, -0.25) is 9.69 Å². The topological polar surface area (TPSA) is 81.2 Å². The number of aromatic nitrogens is 2. The summed E-state index contributed by atoms with van der Waals surface area (Å²) in [6.45, 7) is 3.81. The Morgan fingerprint density at radius 3 is 2.80 bits per heavy atom. The molecule has 142 valence electrons. The van der Waals surface area contributed by atoms with Crippen LogP contribution in [0.5, 0.6) is 0 Å². The van der Waals surface area contributed by atoms with E-state index in [0.29, 0.717) is 25.6 Å². The van der Waals surface area contributed by atoms with E-state index in [0.717, 1.165) is 55.9 Å². The van der Waals surface area contributed by atoms with Crippen molar-refractivity contribution in [3.8, 4) is 0 Å². The molecular weight excluding hydrogens is 363 g/mol. The van der Waals surface area contributed by atoms with Crippen molar-refractivity contribution in [1.29, 1.82) is 0 Å². The van der Waals surface area contributed by atoms with E-state index in [1.807, 2.05) is 0 Å². The third kappa shape index (κ3) is 4.95. The van der Waals surface area contributed by atoms with Crippen molar-refractivity contribution in [2.45, 2.75) is 50.7 Å². The first kappa shape index (κ1) is 20.6. The van der Waals surface area contributed by atoms with E-state index in [-0.39, 0.29) is 30.4 Å². The molecule has 6 nitrogen and oxygen atoms in total. The highest BCUT2D eigenvalue weighted by atomic mass is 35.5. The predicted molar refractivity (Wildman–Crippen MR) is 102 cm³/mol. The Kier molecular flexibility index (Phi) is 6.90. The molecule has 3 N–H and O–H groups in total. The number of rotatable bonds is 4. The van der Waals surface area contributed by atoms with Crippen LogP contribution in [0.4, 0.5) is 0 Å². The van der Waals surface area contributed by atoms with Gasteiger partial charge in [0.25, 0.3) is 5.56 Å². The van der Waals surface area contributed by atoms with Crippen LogP contribution in [0.2, 0.25) is 0 Å². The summed E-state index contributed by atoms with van der Waals surface area (Å²) in [6.07, 6.45) is 6.00. The quantitative estimate of drug-likeness (QED) is 0.715. The first-order valence-corrected chi connectivity index (χ1v) is 8.88. The van der Waals surface area contributed by atoms with Gasteiger partial charge in [-0.05, 0) is 44.6 Å². The largest absolute Gasteiger partial charge is 0.387 e. The molecule has 25 heavy (non-hydrogen) atoms. The van der Waals surface area contributed by atoms with Gasteiger partial charge in [-0.1, -0.05) is 0 Å². The lowest BCUT2D eigenvalue weighted by atomic mass is 9.92. The summed E-state index contributed by atoms with van der Waals surface area (Å²) in [5.41, 5.74) is 1.16. The standard InChI is InChI=1S/C17H26N4O2.2ClH/c22-16-13-4-7-21(11-17(23)5-1-6-18-10-17)9-14(13)19-15(20-16)8-12-2-3-12;;/h12,18,23H,1-11H2,(H,19,20,22);2*1H. The molecule has 0 radical (unpaired) electrons. The predicted octanol–water partition coefficient (Wildman–Crippen LogP) is 1.04. The molecule has 4 rings (SSSR count). The minimum atomic E-state index is -0.645. The molecule has 3 aliphatic rings. The van der Waals surface area contributed by atoms with E-state index < -0.39 is 5.60 Å². The second-order valence-electron chi connectivity index (χ2n) is 7.55. The fourth-order valence-corrected chi connectivity index (χ4v) is 3.88. The SMILES string of the molecule is Cl.Cl.O=c1[nH]c(CC2CC2)nc2c1CCN(CC1(O)CCCNC1)C2. The molecule has 8 heteroatoms. The number of nitrogens with one attached hydrogen (secondary N) is 2. The second-order valence-corrected chi connectivity index (χ2v) is 7.55. The molecule has 1 aromatic heterocycles. The second kappa shape index (κ2) is 8.35. The number of aromatic amines is 1. The molecule has 1 aliphatic carbocycles. The Labute approximate surface area is 160 Å². The average molecular weight is 391 g/mol. The van der Waals surface area contributed by atoms with Crippen molar-refractivity contribution < 1.29 is 5.11 Å². The smallest absolute Gasteiger partial charge is 0.254 e. The summed E-state index contributed by atoms with van der Waals surface area (Å²) < 4.78 is 0. The van der Waals surface area contributed by atoms with Crippen LogP contribution < -0.4 is 10.9 Å². The highest BCUT2D eigenvalue weighted by molar-refractivity contribution is 5.85. The Bertz CT molecular complexity index is 642. The van der Waals surface area contributed by atoms with Gasteiger partial charge in [-0.25, -0.2) is 4.98 Å². The maximum absolute atomic E-state index is 12.3. The van der Waals surface area contributed by atoms with Crippen LogP contribution in [-0.4, -0.2) is 51.8 Å². The van der Waals surface area contributed by atoms with Crippen LogP contribution >= 0.6 is 24.8 Å². The molecule has 2 fully saturated rings. The zero-order valence-corrected chi connectivity index (χ0v) is 16.1. The van der Waals surface area contributed by atoms with E-state index in [9.17, 15) is 9.90 Å². The van der Waals surface area contributed by atoms with E-state index in [2.05, 4.69) is 15.2 Å². The minimum Gasteiger partial charge on any atom is -0.387 e. The van der Waals surface area contributed by atoms with Crippen molar-refractivity contribution >= 4 is 24.8 Å². The van der Waals surface area contributed by atoms with Gasteiger partial charge >= 0.3 is 0 Å². The molecule has 2 aliphatic heterocycles. The maximum atomic E-state index is 12.3. The van der Waals surface area contributed by atoms with Crippen LogP contribution in [0.25, 0.3) is 0 Å². The number of fused-ring (bicyclic) bond motifs is 1. The maximum Gasteiger partial charge on any atom is 0.254 e. The fraction of sp³-hybridized carbons (Fsp3) is 0.765. The van der Waals surface area contributed by atoms with Gasteiger partial charge < -0.3 is 15.4 Å². The molecule has 1 unspecified atom stereocenters. The molecule has 0 bridgehead atoms. The normalized spacial score (nSPS) is 26.3. The van der Waals surface area contributed by atoms with E-state index in [1.165, 1.54) is 12.8 Å². The fourth-order valence-electron chi connectivity index (χ4n) is 3.88. The van der Waals surface area contributed by atoms with Crippen molar-refractivity contribution in [2.24, 2.45) is 5.92 Å². The summed E-state index contributed by atoms with van der Waals surface area (Å²) in [5, 5.41) is 14.0. The minimum absolute atomic E-state index is 0. The summed E-state index contributed by atoms with van der Waals surface area (Å²) in [7, 11) is 0. The van der Waals surface area contributed by atoms with Gasteiger partial charge in [0.05, 0.1) is 11.3 Å². The number of piperidine rings is 1. The molecule has 1 atom stereocenters.